The molecule has 0 bridgehead atoms. The Morgan fingerprint density at radius 3 is 2.44 bits per heavy atom. The molecule has 0 saturated heterocycles. The smallest absolute Gasteiger partial charge is 0.161 e. The van der Waals surface area contributed by atoms with Crippen molar-refractivity contribution in [1.82, 2.24) is 4.98 Å². The van der Waals surface area contributed by atoms with Crippen LogP contribution in [0.5, 0.6) is 0 Å². The Kier molecular flexibility index (Phi) is 2.50. The zero-order valence-electron chi connectivity index (χ0n) is 10.1. The average molecular weight is 213 g/mol. The fourth-order valence-corrected chi connectivity index (χ4v) is 1.91. The van der Waals surface area contributed by atoms with Gasteiger partial charge in [0.1, 0.15) is 0 Å². The van der Waals surface area contributed by atoms with Crippen molar-refractivity contribution in [2.24, 2.45) is 0 Å². The highest BCUT2D eigenvalue weighted by Crippen LogP contribution is 2.23. The highest BCUT2D eigenvalue weighted by molar-refractivity contribution is 5.97. The van der Waals surface area contributed by atoms with Gasteiger partial charge in [-0.25, -0.2) is 0 Å². The minimum Gasteiger partial charge on any atom is -0.294 e. The summed E-state index contributed by atoms with van der Waals surface area (Å²) in [4.78, 5) is 15.7. The average Bonchev–Trinajstić information content (AvgIpc) is 2.25. The van der Waals surface area contributed by atoms with Crippen LogP contribution in [-0.2, 0) is 0 Å². The molecule has 0 radical (unpaired) electrons. The Balaban J connectivity index is 2.81. The van der Waals surface area contributed by atoms with Gasteiger partial charge in [-0.1, -0.05) is 0 Å². The fourth-order valence-electron chi connectivity index (χ4n) is 1.91. The Morgan fingerprint density at radius 2 is 1.81 bits per heavy atom. The first-order chi connectivity index (χ1) is 7.50. The maximum atomic E-state index is 11.3. The van der Waals surface area contributed by atoms with Gasteiger partial charge < -0.3 is 0 Å². The second-order valence-electron chi connectivity index (χ2n) is 4.30. The van der Waals surface area contributed by atoms with E-state index in [2.05, 4.69) is 31.8 Å². The van der Waals surface area contributed by atoms with Crippen molar-refractivity contribution in [2.45, 2.75) is 27.7 Å². The van der Waals surface area contributed by atoms with Crippen LogP contribution in [-0.4, -0.2) is 10.8 Å². The monoisotopic (exact) mass is 213 g/mol. The number of benzene rings is 1. The van der Waals surface area contributed by atoms with Crippen molar-refractivity contribution in [3.05, 3.63) is 40.6 Å². The summed E-state index contributed by atoms with van der Waals surface area (Å²) in [7, 11) is 0. The van der Waals surface area contributed by atoms with Gasteiger partial charge in [0.15, 0.2) is 5.78 Å². The van der Waals surface area contributed by atoms with E-state index in [1.807, 2.05) is 6.07 Å². The molecule has 2 aromatic rings. The topological polar surface area (TPSA) is 30.0 Å². The lowest BCUT2D eigenvalue weighted by Gasteiger charge is -2.09. The molecule has 0 spiro atoms. The van der Waals surface area contributed by atoms with Crippen LogP contribution in [0, 0.1) is 20.8 Å². The third-order valence-corrected chi connectivity index (χ3v) is 3.20. The van der Waals surface area contributed by atoms with Crippen LogP contribution in [0.2, 0.25) is 0 Å². The van der Waals surface area contributed by atoms with Gasteiger partial charge in [0, 0.05) is 17.1 Å². The highest BCUT2D eigenvalue weighted by atomic mass is 16.1. The number of aryl methyl sites for hydroxylation is 2. The quantitative estimate of drug-likeness (QED) is 0.680. The van der Waals surface area contributed by atoms with E-state index >= 15 is 0 Å². The van der Waals surface area contributed by atoms with Crippen LogP contribution in [0.15, 0.2) is 18.3 Å². The van der Waals surface area contributed by atoms with E-state index in [-0.39, 0.29) is 5.78 Å². The number of carbonyl (C=O) groups is 1. The Labute approximate surface area is 95.3 Å². The SMILES string of the molecule is CC(=O)c1cnc2c(C)c(C)c(C)cc2c1. The van der Waals surface area contributed by atoms with Gasteiger partial charge in [-0.2, -0.15) is 0 Å². The molecule has 0 atom stereocenters. The first-order valence-electron chi connectivity index (χ1n) is 5.38. The molecule has 0 unspecified atom stereocenters. The minimum absolute atomic E-state index is 0.0604. The standard InChI is InChI=1S/C14H15NO/c1-8-5-12-6-13(11(4)16)7-15-14(12)10(3)9(8)2/h5-7H,1-4H3. The summed E-state index contributed by atoms with van der Waals surface area (Å²) in [6, 6.07) is 4.02. The van der Waals surface area contributed by atoms with Crippen LogP contribution in [0.4, 0.5) is 0 Å². The van der Waals surface area contributed by atoms with Crippen molar-refractivity contribution in [3.63, 3.8) is 0 Å². The lowest BCUT2D eigenvalue weighted by atomic mass is 9.99. The Bertz CT molecular complexity index is 585. The minimum atomic E-state index is 0.0604. The normalized spacial score (nSPS) is 10.8. The molecule has 0 aliphatic carbocycles. The summed E-state index contributed by atoms with van der Waals surface area (Å²) in [5.74, 6) is 0.0604. The molecule has 0 N–H and O–H groups in total. The molecule has 0 fully saturated rings. The van der Waals surface area contributed by atoms with E-state index in [9.17, 15) is 4.79 Å². The van der Waals surface area contributed by atoms with Gasteiger partial charge in [0.25, 0.3) is 0 Å². The molecule has 2 rings (SSSR count). The van der Waals surface area contributed by atoms with Crippen LogP contribution in [0.1, 0.15) is 34.0 Å². The molecule has 1 heterocycles. The van der Waals surface area contributed by atoms with Crippen LogP contribution >= 0.6 is 0 Å². The van der Waals surface area contributed by atoms with Crippen molar-refractivity contribution in [1.29, 1.82) is 0 Å². The zero-order valence-corrected chi connectivity index (χ0v) is 10.1. The van der Waals surface area contributed by atoms with Crippen molar-refractivity contribution < 1.29 is 4.79 Å². The molecule has 1 aromatic heterocycles. The number of hydrogen-bond acceptors (Lipinski definition) is 2. The molecule has 0 amide bonds. The molecule has 2 heteroatoms. The van der Waals surface area contributed by atoms with E-state index in [0.29, 0.717) is 5.56 Å². The molecule has 0 aliphatic heterocycles. The molecule has 16 heavy (non-hydrogen) atoms. The lowest BCUT2D eigenvalue weighted by molar-refractivity contribution is 0.101. The first-order valence-corrected chi connectivity index (χ1v) is 5.38. The number of pyridine rings is 1. The number of fused-ring (bicyclic) bond motifs is 1. The van der Waals surface area contributed by atoms with Crippen molar-refractivity contribution in [2.75, 3.05) is 0 Å². The number of Topliss-reactive ketones (excluding diaryl/α,β-unsaturated/α-hetero) is 1. The number of carbonyl (C=O) groups excluding carboxylic acids is 1. The number of aromatic nitrogens is 1. The summed E-state index contributed by atoms with van der Waals surface area (Å²) in [5.41, 5.74) is 5.39. The summed E-state index contributed by atoms with van der Waals surface area (Å²) in [6.45, 7) is 7.83. The second kappa shape index (κ2) is 3.71. The van der Waals surface area contributed by atoms with E-state index in [0.717, 1.165) is 10.9 Å². The third-order valence-electron chi connectivity index (χ3n) is 3.20. The van der Waals surface area contributed by atoms with E-state index in [1.54, 1.807) is 13.1 Å². The molecule has 1 aromatic carbocycles. The van der Waals surface area contributed by atoms with E-state index in [4.69, 9.17) is 0 Å². The number of hydrogen-bond donors (Lipinski definition) is 0. The maximum Gasteiger partial charge on any atom is 0.161 e. The molecule has 2 nitrogen and oxygen atoms in total. The van der Waals surface area contributed by atoms with Gasteiger partial charge in [-0.15, -0.1) is 0 Å². The Hall–Kier alpha value is -1.70. The summed E-state index contributed by atoms with van der Waals surface area (Å²) in [6.07, 6.45) is 1.66. The van der Waals surface area contributed by atoms with Gasteiger partial charge in [0.2, 0.25) is 0 Å². The van der Waals surface area contributed by atoms with E-state index < -0.39 is 0 Å². The Morgan fingerprint density at radius 1 is 1.12 bits per heavy atom. The molecular formula is C14H15NO. The fraction of sp³-hybridized carbons (Fsp3) is 0.286. The van der Waals surface area contributed by atoms with Crippen LogP contribution in [0.25, 0.3) is 10.9 Å². The van der Waals surface area contributed by atoms with E-state index in [1.165, 1.54) is 16.7 Å². The van der Waals surface area contributed by atoms with Gasteiger partial charge >= 0.3 is 0 Å². The first kappa shape index (κ1) is 10.8. The van der Waals surface area contributed by atoms with Gasteiger partial charge in [0.05, 0.1) is 5.52 Å². The summed E-state index contributed by atoms with van der Waals surface area (Å²) in [5, 5.41) is 1.05. The summed E-state index contributed by atoms with van der Waals surface area (Å²) >= 11 is 0. The van der Waals surface area contributed by atoms with Crippen LogP contribution < -0.4 is 0 Å². The second-order valence-corrected chi connectivity index (χ2v) is 4.30. The zero-order chi connectivity index (χ0) is 11.9. The largest absolute Gasteiger partial charge is 0.294 e. The van der Waals surface area contributed by atoms with Gasteiger partial charge in [-0.05, 0) is 56.5 Å². The predicted octanol–water partition coefficient (Wildman–Crippen LogP) is 3.36. The van der Waals surface area contributed by atoms with Crippen molar-refractivity contribution in [3.8, 4) is 0 Å². The van der Waals surface area contributed by atoms with Gasteiger partial charge in [-0.3, -0.25) is 9.78 Å². The number of rotatable bonds is 1. The number of nitrogens with zero attached hydrogens (tertiary/aromatic N) is 1. The lowest BCUT2D eigenvalue weighted by Crippen LogP contribution is -1.96. The van der Waals surface area contributed by atoms with Crippen molar-refractivity contribution >= 4 is 16.7 Å². The molecule has 82 valence electrons. The highest BCUT2D eigenvalue weighted by Gasteiger charge is 2.07. The molecular weight excluding hydrogens is 198 g/mol. The third kappa shape index (κ3) is 1.60. The molecule has 0 saturated carbocycles. The number of ketones is 1. The summed E-state index contributed by atoms with van der Waals surface area (Å²) < 4.78 is 0. The van der Waals surface area contributed by atoms with Crippen LogP contribution in [0.3, 0.4) is 0 Å². The maximum absolute atomic E-state index is 11.3. The predicted molar refractivity (Wildman–Crippen MR) is 66.0 cm³/mol. The molecule has 0 aliphatic rings.